The number of anilines is 1. The number of nitrogens with one attached hydrogen (secondary N) is 1. The summed E-state index contributed by atoms with van der Waals surface area (Å²) in [6.45, 7) is -0.0987. The van der Waals surface area contributed by atoms with Crippen molar-refractivity contribution in [1.82, 2.24) is 0 Å². The molecule has 3 N–H and O–H groups in total. The van der Waals surface area contributed by atoms with E-state index in [0.29, 0.717) is 5.02 Å². The minimum absolute atomic E-state index is 0.0987. The van der Waals surface area contributed by atoms with Crippen molar-refractivity contribution in [3.8, 4) is 0 Å². The molecular weight excluding hydrogens is 195 g/mol. The number of amides is 1. The Hall–Kier alpha value is -1.29. The molecule has 0 radical (unpaired) electrons. The first-order chi connectivity index (χ1) is 6.09. The van der Waals surface area contributed by atoms with Gasteiger partial charge in [-0.25, -0.2) is 4.39 Å². The first kappa shape index (κ1) is 9.80. The molecule has 0 spiro atoms. The topological polar surface area (TPSA) is 55.1 Å². The van der Waals surface area contributed by atoms with Gasteiger partial charge in [0.15, 0.2) is 0 Å². The van der Waals surface area contributed by atoms with E-state index in [1.807, 2.05) is 0 Å². The number of primary amides is 1. The van der Waals surface area contributed by atoms with Crippen LogP contribution < -0.4 is 11.1 Å². The van der Waals surface area contributed by atoms with Crippen molar-refractivity contribution in [3.05, 3.63) is 29.0 Å². The maximum atomic E-state index is 13.0. The lowest BCUT2D eigenvalue weighted by atomic mass is 10.3. The maximum absolute atomic E-state index is 13.0. The Labute approximate surface area is 79.7 Å². The summed E-state index contributed by atoms with van der Waals surface area (Å²) >= 11 is 5.52. The first-order valence-corrected chi connectivity index (χ1v) is 3.94. The summed E-state index contributed by atoms with van der Waals surface area (Å²) in [6.07, 6.45) is 0. The second-order valence-electron chi connectivity index (χ2n) is 2.44. The van der Waals surface area contributed by atoms with E-state index >= 15 is 0 Å². The highest BCUT2D eigenvalue weighted by atomic mass is 35.5. The zero-order chi connectivity index (χ0) is 9.84. The smallest absolute Gasteiger partial charge is 0.236 e. The summed E-state index contributed by atoms with van der Waals surface area (Å²) < 4.78 is 13.0. The van der Waals surface area contributed by atoms with Gasteiger partial charge in [-0.05, 0) is 18.2 Å². The van der Waals surface area contributed by atoms with Crippen LogP contribution in [0.5, 0.6) is 0 Å². The van der Waals surface area contributed by atoms with Crippen LogP contribution in [-0.2, 0) is 4.79 Å². The molecule has 1 aromatic rings. The van der Waals surface area contributed by atoms with Gasteiger partial charge in [0, 0.05) is 5.02 Å². The lowest BCUT2D eigenvalue weighted by Crippen LogP contribution is -2.22. The molecule has 1 aromatic carbocycles. The molecule has 0 bridgehead atoms. The van der Waals surface area contributed by atoms with Crippen molar-refractivity contribution in [1.29, 1.82) is 0 Å². The summed E-state index contributed by atoms with van der Waals surface area (Å²) in [5.41, 5.74) is 5.08. The fourth-order valence-electron chi connectivity index (χ4n) is 0.815. The van der Waals surface area contributed by atoms with Crippen LogP contribution in [-0.4, -0.2) is 12.5 Å². The van der Waals surface area contributed by atoms with Gasteiger partial charge in [-0.15, -0.1) is 0 Å². The molecule has 0 aromatic heterocycles. The van der Waals surface area contributed by atoms with Crippen molar-refractivity contribution in [2.24, 2.45) is 5.73 Å². The molecule has 3 nitrogen and oxygen atoms in total. The van der Waals surface area contributed by atoms with E-state index in [2.05, 4.69) is 5.32 Å². The third-order valence-electron chi connectivity index (χ3n) is 1.38. The quantitative estimate of drug-likeness (QED) is 0.778. The average Bonchev–Trinajstić information content (AvgIpc) is 2.02. The van der Waals surface area contributed by atoms with Gasteiger partial charge in [-0.1, -0.05) is 11.6 Å². The maximum Gasteiger partial charge on any atom is 0.236 e. The molecule has 5 heteroatoms. The van der Waals surface area contributed by atoms with Crippen LogP contribution in [0, 0.1) is 5.82 Å². The van der Waals surface area contributed by atoms with Crippen LogP contribution in [0.1, 0.15) is 0 Å². The molecule has 0 aliphatic carbocycles. The minimum atomic E-state index is -0.547. The van der Waals surface area contributed by atoms with Gasteiger partial charge < -0.3 is 11.1 Å². The van der Waals surface area contributed by atoms with Gasteiger partial charge in [-0.3, -0.25) is 4.79 Å². The highest BCUT2D eigenvalue weighted by Gasteiger charge is 2.02. The fourth-order valence-corrected chi connectivity index (χ4v) is 0.974. The Morgan fingerprint density at radius 2 is 2.31 bits per heavy atom. The lowest BCUT2D eigenvalue weighted by molar-refractivity contribution is -0.116. The number of nitrogens with two attached hydrogens (primary N) is 1. The standard InChI is InChI=1S/C8H8ClFN2O/c9-5-1-2-7(6(10)3-5)12-4-8(11)13/h1-3,12H,4H2,(H2,11,13). The Kier molecular flexibility index (Phi) is 3.08. The first-order valence-electron chi connectivity index (χ1n) is 3.57. The van der Waals surface area contributed by atoms with Crippen LogP contribution in [0.25, 0.3) is 0 Å². The third-order valence-corrected chi connectivity index (χ3v) is 1.62. The molecule has 13 heavy (non-hydrogen) atoms. The van der Waals surface area contributed by atoms with Crippen LogP contribution in [0.2, 0.25) is 5.02 Å². The molecule has 1 rings (SSSR count). The number of hydrogen-bond donors (Lipinski definition) is 2. The van der Waals surface area contributed by atoms with Gasteiger partial charge in [0.25, 0.3) is 0 Å². The van der Waals surface area contributed by atoms with Gasteiger partial charge in [-0.2, -0.15) is 0 Å². The monoisotopic (exact) mass is 202 g/mol. The molecule has 0 aliphatic rings. The predicted molar refractivity (Wildman–Crippen MR) is 49.1 cm³/mol. The zero-order valence-corrected chi connectivity index (χ0v) is 7.44. The van der Waals surface area contributed by atoms with Gasteiger partial charge in [0.2, 0.25) is 5.91 Å². The molecule has 1 amide bonds. The van der Waals surface area contributed by atoms with Crippen molar-refractivity contribution in [3.63, 3.8) is 0 Å². The van der Waals surface area contributed by atoms with Gasteiger partial charge in [0.1, 0.15) is 5.82 Å². The Bertz CT molecular complexity index is 330. The van der Waals surface area contributed by atoms with E-state index in [-0.39, 0.29) is 12.2 Å². The second kappa shape index (κ2) is 4.09. The predicted octanol–water partition coefficient (Wildman–Crippen LogP) is 1.38. The van der Waals surface area contributed by atoms with E-state index in [0.717, 1.165) is 6.07 Å². The van der Waals surface area contributed by atoms with Gasteiger partial charge >= 0.3 is 0 Å². The molecule has 0 unspecified atom stereocenters. The molecule has 70 valence electrons. The molecular formula is C8H8ClFN2O. The van der Waals surface area contributed by atoms with Crippen LogP contribution in [0.4, 0.5) is 10.1 Å². The SMILES string of the molecule is NC(=O)CNc1ccc(Cl)cc1F. The van der Waals surface area contributed by atoms with E-state index in [4.69, 9.17) is 17.3 Å². The summed E-state index contributed by atoms with van der Waals surface area (Å²) in [4.78, 5) is 10.4. The molecule has 0 aliphatic heterocycles. The normalized spacial score (nSPS) is 9.69. The van der Waals surface area contributed by atoms with E-state index in [1.165, 1.54) is 12.1 Å². The zero-order valence-electron chi connectivity index (χ0n) is 6.68. The Morgan fingerprint density at radius 3 is 2.85 bits per heavy atom. The van der Waals surface area contributed by atoms with Crippen molar-refractivity contribution >= 4 is 23.2 Å². The fraction of sp³-hybridized carbons (Fsp3) is 0.125. The summed E-state index contributed by atoms with van der Waals surface area (Å²) in [5, 5.41) is 2.84. The van der Waals surface area contributed by atoms with E-state index in [1.54, 1.807) is 0 Å². The van der Waals surface area contributed by atoms with Crippen molar-refractivity contribution < 1.29 is 9.18 Å². The summed E-state index contributed by atoms with van der Waals surface area (Å²) in [6, 6.07) is 4.12. The van der Waals surface area contributed by atoms with Crippen LogP contribution >= 0.6 is 11.6 Å². The number of benzene rings is 1. The van der Waals surface area contributed by atoms with Gasteiger partial charge in [0.05, 0.1) is 12.2 Å². The Morgan fingerprint density at radius 1 is 1.62 bits per heavy atom. The number of carbonyl (C=O) groups excluding carboxylic acids is 1. The summed E-state index contributed by atoms with van der Waals surface area (Å²) in [7, 11) is 0. The number of carbonyl (C=O) groups is 1. The van der Waals surface area contributed by atoms with Crippen LogP contribution in [0.3, 0.4) is 0 Å². The molecule has 0 saturated heterocycles. The molecule has 0 atom stereocenters. The minimum Gasteiger partial charge on any atom is -0.374 e. The largest absolute Gasteiger partial charge is 0.374 e. The molecule has 0 saturated carbocycles. The van der Waals surface area contributed by atoms with Crippen molar-refractivity contribution in [2.75, 3.05) is 11.9 Å². The number of halogens is 2. The van der Waals surface area contributed by atoms with Crippen LogP contribution in [0.15, 0.2) is 18.2 Å². The van der Waals surface area contributed by atoms with E-state index < -0.39 is 11.7 Å². The number of rotatable bonds is 3. The lowest BCUT2D eigenvalue weighted by Gasteiger charge is -2.04. The molecule has 0 fully saturated rings. The second-order valence-corrected chi connectivity index (χ2v) is 2.88. The highest BCUT2D eigenvalue weighted by Crippen LogP contribution is 2.18. The van der Waals surface area contributed by atoms with Crippen molar-refractivity contribution in [2.45, 2.75) is 0 Å². The number of hydrogen-bond acceptors (Lipinski definition) is 2. The van der Waals surface area contributed by atoms with E-state index in [9.17, 15) is 9.18 Å². The third kappa shape index (κ3) is 2.91. The summed E-state index contributed by atoms with van der Waals surface area (Å²) in [5.74, 6) is -1.05. The Balaban J connectivity index is 2.72. The molecule has 0 heterocycles. The highest BCUT2D eigenvalue weighted by molar-refractivity contribution is 6.30. The average molecular weight is 203 g/mol.